The number of aromatic nitrogens is 7. The number of piperazine rings is 1. The summed E-state index contributed by atoms with van der Waals surface area (Å²) >= 11 is 0. The van der Waals surface area contributed by atoms with Crippen LogP contribution in [0.15, 0.2) is 67.3 Å². The van der Waals surface area contributed by atoms with E-state index in [-0.39, 0.29) is 18.0 Å². The second kappa shape index (κ2) is 9.59. The number of fused-ring (bicyclic) bond motifs is 3. The standard InChI is InChI=1S/C28H28N10O/c29-25-11-20(8-6-18-10-21-13-30-15-24(18)37(21)28(39)26-32-16-33-36-26)35-27-22(14-34-38(25)27)19-7-9-23(31-12-19)17-4-2-1-3-5-17/h1-5,7,9,11-12,14,16,18,21,24,30H,6,8,10,13,15,29H2,(H,32,33,36). The normalized spacial score (nSPS) is 20.5. The van der Waals surface area contributed by atoms with Crippen LogP contribution in [0.3, 0.4) is 0 Å². The van der Waals surface area contributed by atoms with Crippen LogP contribution in [0.2, 0.25) is 0 Å². The van der Waals surface area contributed by atoms with Gasteiger partial charge in [0.1, 0.15) is 12.1 Å². The minimum Gasteiger partial charge on any atom is -0.384 e. The van der Waals surface area contributed by atoms with E-state index in [1.807, 2.05) is 59.6 Å². The molecule has 6 heterocycles. The number of nitrogens with one attached hydrogen (secondary N) is 2. The Kier molecular flexibility index (Phi) is 5.77. The maximum Gasteiger partial charge on any atom is 0.291 e. The van der Waals surface area contributed by atoms with Crippen LogP contribution in [0.5, 0.6) is 0 Å². The first-order valence-electron chi connectivity index (χ1n) is 13.2. The largest absolute Gasteiger partial charge is 0.384 e. The maximum atomic E-state index is 13.1. The predicted molar refractivity (Wildman–Crippen MR) is 145 cm³/mol. The zero-order chi connectivity index (χ0) is 26.3. The highest BCUT2D eigenvalue weighted by molar-refractivity contribution is 5.91. The summed E-state index contributed by atoms with van der Waals surface area (Å²) in [4.78, 5) is 28.8. The second-order valence-corrected chi connectivity index (χ2v) is 10.2. The number of benzene rings is 1. The maximum absolute atomic E-state index is 13.1. The number of nitrogens with zero attached hydrogens (tertiary/aromatic N) is 7. The first kappa shape index (κ1) is 23.5. The van der Waals surface area contributed by atoms with Gasteiger partial charge in [0.25, 0.3) is 5.91 Å². The van der Waals surface area contributed by atoms with Crippen molar-refractivity contribution in [2.45, 2.75) is 31.3 Å². The van der Waals surface area contributed by atoms with E-state index in [9.17, 15) is 4.79 Å². The molecular formula is C28H28N10O. The Morgan fingerprint density at radius 2 is 1.95 bits per heavy atom. The lowest BCUT2D eigenvalue weighted by Crippen LogP contribution is -2.55. The van der Waals surface area contributed by atoms with Gasteiger partial charge in [0.2, 0.25) is 5.82 Å². The van der Waals surface area contributed by atoms with Crippen molar-refractivity contribution in [3.8, 4) is 22.4 Å². The molecule has 2 aliphatic heterocycles. The molecule has 4 N–H and O–H groups in total. The van der Waals surface area contributed by atoms with E-state index >= 15 is 0 Å². The van der Waals surface area contributed by atoms with E-state index in [1.54, 1.807) is 10.7 Å². The summed E-state index contributed by atoms with van der Waals surface area (Å²) < 4.78 is 1.67. The van der Waals surface area contributed by atoms with E-state index in [1.165, 1.54) is 6.33 Å². The van der Waals surface area contributed by atoms with E-state index in [4.69, 9.17) is 10.7 Å². The van der Waals surface area contributed by atoms with E-state index in [0.29, 0.717) is 23.2 Å². The fourth-order valence-corrected chi connectivity index (χ4v) is 6.06. The molecular weight excluding hydrogens is 492 g/mol. The summed E-state index contributed by atoms with van der Waals surface area (Å²) in [7, 11) is 0. The lowest BCUT2D eigenvalue weighted by atomic mass is 9.93. The fraction of sp³-hybridized carbons (Fsp3) is 0.286. The Hall–Kier alpha value is -4.64. The Bertz CT molecular complexity index is 1610. The van der Waals surface area contributed by atoms with Gasteiger partial charge in [-0.1, -0.05) is 36.4 Å². The topological polar surface area (TPSA) is 143 Å². The smallest absolute Gasteiger partial charge is 0.291 e. The molecule has 0 spiro atoms. The first-order valence-corrected chi connectivity index (χ1v) is 13.2. The van der Waals surface area contributed by atoms with E-state index < -0.39 is 0 Å². The summed E-state index contributed by atoms with van der Waals surface area (Å²) in [5.74, 6) is 1.12. The van der Waals surface area contributed by atoms with Crippen molar-refractivity contribution in [3.05, 3.63) is 78.8 Å². The van der Waals surface area contributed by atoms with Crippen LogP contribution < -0.4 is 11.1 Å². The molecule has 0 saturated carbocycles. The summed E-state index contributed by atoms with van der Waals surface area (Å²) in [5.41, 5.74) is 11.8. The van der Waals surface area contributed by atoms with Gasteiger partial charge in [-0.05, 0) is 31.2 Å². The van der Waals surface area contributed by atoms with Gasteiger partial charge in [-0.25, -0.2) is 9.97 Å². The molecule has 4 aromatic heterocycles. The number of hydrogen-bond donors (Lipinski definition) is 3. The van der Waals surface area contributed by atoms with Gasteiger partial charge >= 0.3 is 0 Å². The molecule has 39 heavy (non-hydrogen) atoms. The Morgan fingerprint density at radius 1 is 1.05 bits per heavy atom. The van der Waals surface area contributed by atoms with Crippen LogP contribution in [0.25, 0.3) is 28.0 Å². The number of rotatable bonds is 6. The number of hydrogen-bond acceptors (Lipinski definition) is 8. The molecule has 2 bridgehead atoms. The first-order chi connectivity index (χ1) is 19.2. The Morgan fingerprint density at radius 3 is 2.74 bits per heavy atom. The van der Waals surface area contributed by atoms with Crippen LogP contribution in [0, 0.1) is 5.92 Å². The molecule has 0 aliphatic carbocycles. The molecule has 11 heteroatoms. The van der Waals surface area contributed by atoms with Crippen molar-refractivity contribution in [2.75, 3.05) is 18.8 Å². The van der Waals surface area contributed by atoms with Gasteiger partial charge in [0.05, 0.1) is 11.9 Å². The Balaban J connectivity index is 1.11. The number of H-pyrrole nitrogens is 1. The minimum atomic E-state index is -0.0777. The number of anilines is 1. The third kappa shape index (κ3) is 4.20. The quantitative estimate of drug-likeness (QED) is 0.310. The molecule has 1 aromatic carbocycles. The SMILES string of the molecule is Nc1cc(CCC2CC3CNCC2N3C(=O)c2ncn[nH]2)nc2c(-c3ccc(-c4ccccc4)nc3)cnn12. The number of nitrogens with two attached hydrogens (primary N) is 1. The van der Waals surface area contributed by atoms with Crippen LogP contribution in [0.4, 0.5) is 5.82 Å². The van der Waals surface area contributed by atoms with Gasteiger partial charge in [-0.15, -0.1) is 0 Å². The zero-order valence-corrected chi connectivity index (χ0v) is 21.2. The number of nitrogen functional groups attached to an aromatic ring is 1. The second-order valence-electron chi connectivity index (χ2n) is 10.2. The molecule has 2 saturated heterocycles. The zero-order valence-electron chi connectivity index (χ0n) is 21.2. The summed E-state index contributed by atoms with van der Waals surface area (Å²) in [6.07, 6.45) is 7.64. The van der Waals surface area contributed by atoms with E-state index in [0.717, 1.165) is 60.4 Å². The summed E-state index contributed by atoms with van der Waals surface area (Å²) in [6, 6.07) is 16.3. The van der Waals surface area contributed by atoms with Crippen LogP contribution in [0.1, 0.15) is 29.2 Å². The molecule has 1 amide bonds. The molecule has 196 valence electrons. The average molecular weight is 521 g/mol. The lowest BCUT2D eigenvalue weighted by molar-refractivity contribution is 0.0585. The van der Waals surface area contributed by atoms with Gasteiger partial charge in [-0.2, -0.15) is 14.7 Å². The number of pyridine rings is 1. The third-order valence-corrected chi connectivity index (χ3v) is 7.92. The highest BCUT2D eigenvalue weighted by Gasteiger charge is 2.46. The molecule has 3 unspecified atom stereocenters. The molecule has 11 nitrogen and oxygen atoms in total. The highest BCUT2D eigenvalue weighted by atomic mass is 16.2. The average Bonchev–Trinajstić information content (AvgIpc) is 3.70. The van der Waals surface area contributed by atoms with Crippen LogP contribution in [-0.2, 0) is 6.42 Å². The molecule has 5 aromatic rings. The predicted octanol–water partition coefficient (Wildman–Crippen LogP) is 2.59. The van der Waals surface area contributed by atoms with E-state index in [2.05, 4.69) is 30.6 Å². The van der Waals surface area contributed by atoms with Gasteiger partial charge in [0, 0.05) is 59.8 Å². The molecule has 2 aliphatic rings. The third-order valence-electron chi connectivity index (χ3n) is 7.92. The van der Waals surface area contributed by atoms with Gasteiger partial charge < -0.3 is 16.0 Å². The van der Waals surface area contributed by atoms with Gasteiger partial charge in [0.15, 0.2) is 5.65 Å². The van der Waals surface area contributed by atoms with Crippen molar-refractivity contribution >= 4 is 17.4 Å². The Labute approximate surface area is 224 Å². The number of carbonyl (C=O) groups is 1. The van der Waals surface area contributed by atoms with Crippen molar-refractivity contribution in [2.24, 2.45) is 5.92 Å². The van der Waals surface area contributed by atoms with Crippen molar-refractivity contribution in [1.29, 1.82) is 0 Å². The van der Waals surface area contributed by atoms with Crippen LogP contribution >= 0.6 is 0 Å². The molecule has 0 radical (unpaired) electrons. The molecule has 7 rings (SSSR count). The minimum absolute atomic E-state index is 0.0777. The van der Waals surface area contributed by atoms with Gasteiger partial charge in [-0.3, -0.25) is 14.9 Å². The summed E-state index contributed by atoms with van der Waals surface area (Å²) in [5, 5.41) is 14.5. The number of carbonyl (C=O) groups excluding carboxylic acids is 1. The monoisotopic (exact) mass is 520 g/mol. The van der Waals surface area contributed by atoms with Crippen molar-refractivity contribution in [1.82, 2.24) is 45.0 Å². The molecule has 2 fully saturated rings. The fourth-order valence-electron chi connectivity index (χ4n) is 6.06. The van der Waals surface area contributed by atoms with Crippen molar-refractivity contribution in [3.63, 3.8) is 0 Å². The number of aryl methyl sites for hydroxylation is 1. The van der Waals surface area contributed by atoms with Crippen LogP contribution in [-0.4, -0.2) is 70.7 Å². The summed E-state index contributed by atoms with van der Waals surface area (Å²) in [6.45, 7) is 1.56. The van der Waals surface area contributed by atoms with Crippen molar-refractivity contribution < 1.29 is 4.79 Å². The number of aromatic amines is 1. The highest BCUT2D eigenvalue weighted by Crippen LogP contribution is 2.36. The molecule has 3 atom stereocenters. The number of amides is 1. The lowest BCUT2D eigenvalue weighted by Gasteiger charge is -2.35.